The van der Waals surface area contributed by atoms with E-state index < -0.39 is 35.6 Å². The van der Waals surface area contributed by atoms with Gasteiger partial charge in [0.2, 0.25) is 0 Å². The fourth-order valence-corrected chi connectivity index (χ4v) is 2.40. The van der Waals surface area contributed by atoms with Gasteiger partial charge in [-0.25, -0.2) is 14.4 Å². The molecule has 0 radical (unpaired) electrons. The van der Waals surface area contributed by atoms with Crippen LogP contribution in [0.15, 0.2) is 0 Å². The Bertz CT molecular complexity index is 533. The van der Waals surface area contributed by atoms with E-state index in [-0.39, 0.29) is 37.1 Å². The van der Waals surface area contributed by atoms with E-state index >= 15 is 0 Å². The molecule has 0 rings (SSSR count). The molecule has 0 atom stereocenters. The van der Waals surface area contributed by atoms with E-state index in [2.05, 4.69) is 114 Å². The average Bonchev–Trinajstić information content (AvgIpc) is 2.72. The summed E-state index contributed by atoms with van der Waals surface area (Å²) in [6.45, 7) is 1.00. The first-order chi connectivity index (χ1) is 13.6. The second kappa shape index (κ2) is 13.4. The highest BCUT2D eigenvalue weighted by Gasteiger charge is 2.41. The van der Waals surface area contributed by atoms with Crippen LogP contribution in [0.2, 0.25) is 0 Å². The van der Waals surface area contributed by atoms with Crippen molar-refractivity contribution in [1.29, 1.82) is 0 Å². The molecule has 0 aromatic heterocycles. The fraction of sp³-hybridized carbons (Fsp3) is 0.800. The lowest BCUT2D eigenvalue weighted by Crippen LogP contribution is -2.44. The minimum absolute atomic E-state index is 0.00862. The van der Waals surface area contributed by atoms with Gasteiger partial charge >= 0.3 is 17.9 Å². The molecule has 0 saturated heterocycles. The van der Waals surface area contributed by atoms with Crippen LogP contribution in [0.5, 0.6) is 0 Å². The van der Waals surface area contributed by atoms with Gasteiger partial charge in [0.15, 0.2) is 12.2 Å². The van der Waals surface area contributed by atoms with Crippen molar-refractivity contribution in [2.24, 2.45) is 5.41 Å². The number of ether oxygens (including phenoxy) is 3. The predicted octanol–water partition coefficient (Wildman–Crippen LogP) is 2.47. The predicted molar refractivity (Wildman–Crippen MR) is 149 cm³/mol. The lowest BCUT2D eigenvalue weighted by Gasteiger charge is -2.33. The summed E-state index contributed by atoms with van der Waals surface area (Å²) in [4.78, 5) is 36.7. The van der Waals surface area contributed by atoms with E-state index in [0.29, 0.717) is 6.42 Å². The Balaban J connectivity index is 5.50. The van der Waals surface area contributed by atoms with Crippen LogP contribution in [-0.2, 0) is 28.6 Å². The molecule has 6 nitrogen and oxygen atoms in total. The quantitative estimate of drug-likeness (QED) is 0.0711. The summed E-state index contributed by atoms with van der Waals surface area (Å²) >= 11 is 36.6. The minimum Gasteiger partial charge on any atom is -0.463 e. The SMILES string of the molecule is CCC(COC(=O)C(S)(S)CS)(COC(=O)C(S)(S)CS)COC(=O)C(S)(S)CS. The highest BCUT2D eigenvalue weighted by atomic mass is 32.2. The summed E-state index contributed by atoms with van der Waals surface area (Å²) in [6.07, 6.45) is 0.313. The van der Waals surface area contributed by atoms with Crippen LogP contribution >= 0.6 is 114 Å². The molecule has 30 heavy (non-hydrogen) atoms. The smallest absolute Gasteiger partial charge is 0.332 e. The zero-order chi connectivity index (χ0) is 23.8. The molecule has 0 unspecified atom stereocenters. The molecule has 0 aromatic rings. The number of carbonyl (C=O) groups is 3. The van der Waals surface area contributed by atoms with E-state index in [1.807, 2.05) is 0 Å². The highest BCUT2D eigenvalue weighted by molar-refractivity contribution is 8.04. The van der Waals surface area contributed by atoms with E-state index in [0.717, 1.165) is 0 Å². The van der Waals surface area contributed by atoms with Crippen molar-refractivity contribution in [3.8, 4) is 0 Å². The normalized spacial score (nSPS) is 13.0. The lowest BCUT2D eigenvalue weighted by atomic mass is 9.88. The number of esters is 3. The number of rotatable bonds is 13. The summed E-state index contributed by atoms with van der Waals surface area (Å²) in [5, 5.41) is 0. The Morgan fingerprint density at radius 2 is 0.833 bits per heavy atom. The molecule has 0 aliphatic carbocycles. The largest absolute Gasteiger partial charge is 0.463 e. The first-order valence-corrected chi connectivity index (χ1v) is 12.9. The molecule has 0 aliphatic rings. The Morgan fingerprint density at radius 3 is 1.00 bits per heavy atom. The zero-order valence-corrected chi connectivity index (χ0v) is 24.0. The highest BCUT2D eigenvalue weighted by Crippen LogP contribution is 2.31. The Hall–Kier alpha value is 1.56. The molecule has 0 amide bonds. The zero-order valence-electron chi connectivity index (χ0n) is 15.9. The van der Waals surface area contributed by atoms with E-state index in [9.17, 15) is 14.4 Å². The van der Waals surface area contributed by atoms with Gasteiger partial charge in [0, 0.05) is 17.3 Å². The van der Waals surface area contributed by atoms with Crippen molar-refractivity contribution >= 4 is 132 Å². The maximum absolute atomic E-state index is 12.2. The van der Waals surface area contributed by atoms with Crippen LogP contribution in [0.1, 0.15) is 13.3 Å². The summed E-state index contributed by atoms with van der Waals surface area (Å²) < 4.78 is 11.7. The molecule has 176 valence electrons. The average molecular weight is 591 g/mol. The number of carbonyl (C=O) groups excluding carboxylic acids is 3. The van der Waals surface area contributed by atoms with Gasteiger partial charge in [-0.1, -0.05) is 6.92 Å². The number of thiol groups is 9. The third kappa shape index (κ3) is 9.82. The maximum atomic E-state index is 12.2. The summed E-state index contributed by atoms with van der Waals surface area (Å²) in [6, 6.07) is 0. The van der Waals surface area contributed by atoms with Crippen molar-refractivity contribution in [2.45, 2.75) is 25.6 Å². The lowest BCUT2D eigenvalue weighted by molar-refractivity contribution is -0.162. The van der Waals surface area contributed by atoms with Crippen molar-refractivity contribution in [2.75, 3.05) is 37.1 Å². The molecule has 0 bridgehead atoms. The van der Waals surface area contributed by atoms with Crippen molar-refractivity contribution < 1.29 is 28.6 Å². The second-order valence-corrected chi connectivity index (χ2v) is 13.1. The molecule has 0 saturated carbocycles. The summed E-state index contributed by atoms with van der Waals surface area (Å²) in [5.41, 5.74) is -1.07. The van der Waals surface area contributed by atoms with Gasteiger partial charge in [0.1, 0.15) is 19.8 Å². The number of hydrogen-bond acceptors (Lipinski definition) is 15. The van der Waals surface area contributed by atoms with Gasteiger partial charge in [-0.2, -0.15) is 37.9 Å². The molecule has 0 aliphatic heterocycles. The summed E-state index contributed by atoms with van der Waals surface area (Å²) in [7, 11) is 0. The van der Waals surface area contributed by atoms with Gasteiger partial charge in [-0.15, -0.1) is 75.8 Å². The minimum atomic E-state index is -1.43. The second-order valence-electron chi connectivity index (χ2n) is 6.51. The van der Waals surface area contributed by atoms with Gasteiger partial charge in [0.25, 0.3) is 0 Å². The van der Waals surface area contributed by atoms with Crippen molar-refractivity contribution in [1.82, 2.24) is 0 Å². The molecule has 0 spiro atoms. The fourth-order valence-electron chi connectivity index (χ4n) is 1.63. The Morgan fingerprint density at radius 1 is 0.600 bits per heavy atom. The van der Waals surface area contributed by atoms with Gasteiger partial charge in [-0.3, -0.25) is 0 Å². The van der Waals surface area contributed by atoms with Crippen LogP contribution in [0.4, 0.5) is 0 Å². The van der Waals surface area contributed by atoms with Crippen LogP contribution in [-0.4, -0.2) is 67.2 Å². The van der Waals surface area contributed by atoms with Crippen LogP contribution in [0.25, 0.3) is 0 Å². The monoisotopic (exact) mass is 590 g/mol. The Labute approximate surface area is 226 Å². The van der Waals surface area contributed by atoms with Crippen LogP contribution in [0.3, 0.4) is 0 Å². The van der Waals surface area contributed by atoms with Gasteiger partial charge in [-0.05, 0) is 6.42 Å². The Kier molecular flexibility index (Phi) is 14.1. The maximum Gasteiger partial charge on any atom is 0.332 e. The van der Waals surface area contributed by atoms with Gasteiger partial charge < -0.3 is 14.2 Å². The first-order valence-electron chi connectivity index (χ1n) is 8.31. The van der Waals surface area contributed by atoms with Crippen LogP contribution in [0, 0.1) is 5.41 Å². The van der Waals surface area contributed by atoms with E-state index in [4.69, 9.17) is 14.2 Å². The topological polar surface area (TPSA) is 78.9 Å². The molecule has 0 heterocycles. The van der Waals surface area contributed by atoms with Crippen molar-refractivity contribution in [3.05, 3.63) is 0 Å². The molecular formula is C15H26O6S9. The van der Waals surface area contributed by atoms with Gasteiger partial charge in [0.05, 0.1) is 5.41 Å². The van der Waals surface area contributed by atoms with E-state index in [1.165, 1.54) is 0 Å². The molecule has 15 heteroatoms. The standard InChI is InChI=1S/C15H26O6S9/c1-2-12(3-19-9(16)13(25,26)6-22,4-20-10(17)14(27,28)7-23)5-21-11(18)15(29,30)8-24/h22-30H,2-8H2,1H3. The van der Waals surface area contributed by atoms with Crippen LogP contribution < -0.4 is 0 Å². The van der Waals surface area contributed by atoms with E-state index in [1.54, 1.807) is 6.92 Å². The molecule has 0 fully saturated rings. The first kappa shape index (κ1) is 31.6. The third-order valence-electron chi connectivity index (χ3n) is 3.92. The number of hydrogen-bond donors (Lipinski definition) is 9. The molecular weight excluding hydrogens is 565 g/mol. The molecule has 0 N–H and O–H groups in total. The third-order valence-corrected chi connectivity index (χ3v) is 8.88. The summed E-state index contributed by atoms with van der Waals surface area (Å²) in [5.74, 6) is -2.22. The van der Waals surface area contributed by atoms with Crippen molar-refractivity contribution in [3.63, 3.8) is 0 Å². The molecule has 0 aromatic carbocycles.